The van der Waals surface area contributed by atoms with Crippen molar-refractivity contribution < 1.29 is 14.6 Å². The van der Waals surface area contributed by atoms with Gasteiger partial charge < -0.3 is 20.9 Å². The molecule has 0 atom stereocenters. The summed E-state index contributed by atoms with van der Waals surface area (Å²) in [5.74, 6) is -0.298. The summed E-state index contributed by atoms with van der Waals surface area (Å²) in [7, 11) is 1.69. The van der Waals surface area contributed by atoms with Gasteiger partial charge in [-0.3, -0.25) is 9.48 Å². The van der Waals surface area contributed by atoms with Crippen molar-refractivity contribution in [3.63, 3.8) is 0 Å². The molecule has 1 amide bonds. The molecule has 2 heterocycles. The number of anilines is 1. The number of rotatable bonds is 4. The molecule has 20 heavy (non-hydrogen) atoms. The Labute approximate surface area is 118 Å². The van der Waals surface area contributed by atoms with Crippen LogP contribution < -0.4 is 11.1 Å². The number of carbonyl (C=O) groups is 1. The van der Waals surface area contributed by atoms with Gasteiger partial charge in [-0.2, -0.15) is 5.10 Å². The minimum atomic E-state index is -0.627. The van der Waals surface area contributed by atoms with Crippen LogP contribution in [0.2, 0.25) is 0 Å². The van der Waals surface area contributed by atoms with E-state index in [0.717, 1.165) is 0 Å². The average molecular weight is 282 g/mol. The Morgan fingerprint density at radius 2 is 2.20 bits per heavy atom. The van der Waals surface area contributed by atoms with Gasteiger partial charge in [-0.1, -0.05) is 6.92 Å². The second-order valence-electron chi connectivity index (χ2n) is 5.19. The first-order valence-corrected chi connectivity index (χ1v) is 6.85. The number of amides is 1. The lowest BCUT2D eigenvalue weighted by Gasteiger charge is -2.36. The molecule has 1 aromatic rings. The molecule has 1 aliphatic rings. The van der Waals surface area contributed by atoms with Gasteiger partial charge in [0.1, 0.15) is 5.69 Å². The highest BCUT2D eigenvalue weighted by atomic mass is 16.5. The largest absolute Gasteiger partial charge is 0.395 e. The lowest BCUT2D eigenvalue weighted by molar-refractivity contribution is 0.0123. The number of hydrogen-bond donors (Lipinski definition) is 3. The van der Waals surface area contributed by atoms with E-state index in [9.17, 15) is 9.90 Å². The zero-order chi connectivity index (χ0) is 14.8. The van der Waals surface area contributed by atoms with Gasteiger partial charge in [0, 0.05) is 20.3 Å². The van der Waals surface area contributed by atoms with E-state index in [1.807, 2.05) is 6.92 Å². The molecule has 1 aromatic heterocycles. The third-order valence-corrected chi connectivity index (χ3v) is 3.84. The third-order valence-electron chi connectivity index (χ3n) is 3.84. The molecule has 7 nitrogen and oxygen atoms in total. The first-order valence-electron chi connectivity index (χ1n) is 6.85. The summed E-state index contributed by atoms with van der Waals surface area (Å²) in [6, 6.07) is 0. The molecule has 0 unspecified atom stereocenters. The van der Waals surface area contributed by atoms with E-state index in [2.05, 4.69) is 10.4 Å². The molecule has 0 saturated carbocycles. The number of nitrogens with zero attached hydrogens (tertiary/aromatic N) is 2. The Morgan fingerprint density at radius 3 is 2.70 bits per heavy atom. The van der Waals surface area contributed by atoms with E-state index >= 15 is 0 Å². The summed E-state index contributed by atoms with van der Waals surface area (Å²) in [5, 5.41) is 16.7. The predicted octanol–water partition coefficient (Wildman–Crippen LogP) is -0.164. The molecular weight excluding hydrogens is 260 g/mol. The van der Waals surface area contributed by atoms with E-state index < -0.39 is 5.54 Å². The zero-order valence-corrected chi connectivity index (χ0v) is 12.0. The fourth-order valence-corrected chi connectivity index (χ4v) is 2.51. The fourth-order valence-electron chi connectivity index (χ4n) is 2.51. The summed E-state index contributed by atoms with van der Waals surface area (Å²) < 4.78 is 6.77. The van der Waals surface area contributed by atoms with Gasteiger partial charge in [0.05, 0.1) is 23.5 Å². The Morgan fingerprint density at radius 1 is 1.55 bits per heavy atom. The molecule has 1 fully saturated rings. The van der Waals surface area contributed by atoms with Crippen LogP contribution in [0.15, 0.2) is 0 Å². The van der Waals surface area contributed by atoms with Crippen LogP contribution in [0.4, 0.5) is 5.69 Å². The Bertz CT molecular complexity index is 492. The highest BCUT2D eigenvalue weighted by Gasteiger charge is 2.35. The number of carbonyl (C=O) groups excluding carboxylic acids is 1. The number of aliphatic hydroxyl groups excluding tert-OH is 1. The fraction of sp³-hybridized carbons (Fsp3) is 0.692. The maximum atomic E-state index is 12.4. The number of aliphatic hydroxyl groups is 1. The Kier molecular flexibility index (Phi) is 4.29. The minimum Gasteiger partial charge on any atom is -0.395 e. The summed E-state index contributed by atoms with van der Waals surface area (Å²) >= 11 is 0. The van der Waals surface area contributed by atoms with Crippen LogP contribution in [0.5, 0.6) is 0 Å². The van der Waals surface area contributed by atoms with Crippen molar-refractivity contribution in [3.05, 3.63) is 11.4 Å². The molecule has 7 heteroatoms. The summed E-state index contributed by atoms with van der Waals surface area (Å²) in [5.41, 5.74) is 6.82. The van der Waals surface area contributed by atoms with Crippen molar-refractivity contribution >= 4 is 11.6 Å². The molecule has 0 bridgehead atoms. The van der Waals surface area contributed by atoms with Crippen molar-refractivity contribution in [1.82, 2.24) is 15.1 Å². The number of aryl methyl sites for hydroxylation is 2. The van der Waals surface area contributed by atoms with Crippen LogP contribution in [0.25, 0.3) is 0 Å². The van der Waals surface area contributed by atoms with Crippen LogP contribution >= 0.6 is 0 Å². The summed E-state index contributed by atoms with van der Waals surface area (Å²) in [6.45, 7) is 2.89. The van der Waals surface area contributed by atoms with Crippen LogP contribution in [0, 0.1) is 0 Å². The van der Waals surface area contributed by atoms with Gasteiger partial charge in [-0.15, -0.1) is 0 Å². The monoisotopic (exact) mass is 282 g/mol. The Hall–Kier alpha value is -1.60. The quantitative estimate of drug-likeness (QED) is 0.712. The molecule has 2 rings (SSSR count). The smallest absolute Gasteiger partial charge is 0.272 e. The van der Waals surface area contributed by atoms with Gasteiger partial charge in [-0.25, -0.2) is 0 Å². The van der Waals surface area contributed by atoms with Crippen LogP contribution in [-0.2, 0) is 18.2 Å². The molecule has 4 N–H and O–H groups in total. The first kappa shape index (κ1) is 14.8. The zero-order valence-electron chi connectivity index (χ0n) is 12.0. The molecular formula is C13H22N4O3. The Balaban J connectivity index is 2.21. The molecule has 1 aliphatic heterocycles. The number of ether oxygens (including phenoxy) is 1. The second-order valence-corrected chi connectivity index (χ2v) is 5.19. The summed E-state index contributed by atoms with van der Waals surface area (Å²) in [4.78, 5) is 12.4. The topological polar surface area (TPSA) is 102 Å². The van der Waals surface area contributed by atoms with Crippen molar-refractivity contribution in [2.75, 3.05) is 25.6 Å². The molecule has 112 valence electrons. The van der Waals surface area contributed by atoms with E-state index in [1.165, 1.54) is 4.68 Å². The van der Waals surface area contributed by atoms with E-state index in [-0.39, 0.29) is 12.5 Å². The van der Waals surface area contributed by atoms with Crippen LogP contribution in [-0.4, -0.2) is 46.2 Å². The SMILES string of the molecule is CCc1nn(C)c(C(=O)NC2(CO)CCOCC2)c1N. The molecule has 0 radical (unpaired) electrons. The van der Waals surface area contributed by atoms with Crippen LogP contribution in [0.1, 0.15) is 35.9 Å². The first-order chi connectivity index (χ1) is 9.53. The van der Waals surface area contributed by atoms with Crippen molar-refractivity contribution in [2.24, 2.45) is 7.05 Å². The van der Waals surface area contributed by atoms with Gasteiger partial charge in [0.15, 0.2) is 0 Å². The highest BCUT2D eigenvalue weighted by molar-refractivity contribution is 5.98. The van der Waals surface area contributed by atoms with Gasteiger partial charge in [0.25, 0.3) is 5.91 Å². The lowest BCUT2D eigenvalue weighted by atomic mass is 9.91. The number of hydrogen-bond acceptors (Lipinski definition) is 5. The second kappa shape index (κ2) is 5.80. The van der Waals surface area contributed by atoms with Crippen molar-refractivity contribution in [2.45, 2.75) is 31.7 Å². The van der Waals surface area contributed by atoms with Gasteiger partial charge in [-0.05, 0) is 19.3 Å². The van der Waals surface area contributed by atoms with E-state index in [4.69, 9.17) is 10.5 Å². The molecule has 0 aromatic carbocycles. The van der Waals surface area contributed by atoms with Crippen molar-refractivity contribution in [3.8, 4) is 0 Å². The number of nitrogens with two attached hydrogens (primary N) is 1. The normalized spacial score (nSPS) is 17.9. The van der Waals surface area contributed by atoms with Gasteiger partial charge in [0.2, 0.25) is 0 Å². The molecule has 0 spiro atoms. The number of nitrogen functional groups attached to an aromatic ring is 1. The van der Waals surface area contributed by atoms with Crippen LogP contribution in [0.3, 0.4) is 0 Å². The van der Waals surface area contributed by atoms with E-state index in [1.54, 1.807) is 7.05 Å². The third kappa shape index (κ3) is 2.64. The number of aromatic nitrogens is 2. The molecule has 1 saturated heterocycles. The summed E-state index contributed by atoms with van der Waals surface area (Å²) in [6.07, 6.45) is 1.85. The van der Waals surface area contributed by atoms with Gasteiger partial charge >= 0.3 is 0 Å². The van der Waals surface area contributed by atoms with E-state index in [0.29, 0.717) is 49.6 Å². The average Bonchev–Trinajstić information content (AvgIpc) is 2.74. The maximum absolute atomic E-state index is 12.4. The predicted molar refractivity (Wildman–Crippen MR) is 74.3 cm³/mol. The highest BCUT2D eigenvalue weighted by Crippen LogP contribution is 2.23. The maximum Gasteiger partial charge on any atom is 0.272 e. The standard InChI is InChI=1S/C13H22N4O3/c1-3-9-10(14)11(17(2)16-9)12(19)15-13(8-18)4-6-20-7-5-13/h18H,3-8,14H2,1-2H3,(H,15,19). The lowest BCUT2D eigenvalue weighted by Crippen LogP contribution is -2.55. The number of nitrogens with one attached hydrogen (secondary N) is 1. The van der Waals surface area contributed by atoms with Crippen molar-refractivity contribution in [1.29, 1.82) is 0 Å². The molecule has 0 aliphatic carbocycles. The minimum absolute atomic E-state index is 0.111.